The maximum Gasteiger partial charge on any atom is 0.407 e. The molecule has 4 rings (SSSR count). The van der Waals surface area contributed by atoms with Crippen LogP contribution >= 0.6 is 0 Å². The zero-order chi connectivity index (χ0) is 29.8. The van der Waals surface area contributed by atoms with E-state index < -0.39 is 35.0 Å². The number of ether oxygens (including phenoxy) is 2. The van der Waals surface area contributed by atoms with Gasteiger partial charge in [-0.05, 0) is 31.7 Å². The van der Waals surface area contributed by atoms with Crippen LogP contribution in [-0.2, 0) is 25.6 Å². The molecular weight excluding hydrogens is 520 g/mol. The Balaban J connectivity index is 1.72. The quantitative estimate of drug-likeness (QED) is 0.314. The molecule has 41 heavy (non-hydrogen) atoms. The molecule has 0 aliphatic carbocycles. The molecule has 1 aromatic heterocycles. The first-order valence-corrected chi connectivity index (χ1v) is 13.9. The number of amides is 2. The Morgan fingerprint density at radius 3 is 2.27 bits per heavy atom. The van der Waals surface area contributed by atoms with Crippen molar-refractivity contribution in [2.24, 2.45) is 11.3 Å². The average Bonchev–Trinajstić information content (AvgIpc) is 3.24. The molecule has 218 valence electrons. The van der Waals surface area contributed by atoms with E-state index in [1.54, 1.807) is 25.7 Å². The summed E-state index contributed by atoms with van der Waals surface area (Å²) < 4.78 is 12.8. The summed E-state index contributed by atoms with van der Waals surface area (Å²) >= 11 is 0. The number of cyclic esters (lactones) is 1. The number of esters is 1. The summed E-state index contributed by atoms with van der Waals surface area (Å²) in [5.41, 5.74) is 1.66. The SMILES string of the molecule is CC(C)(C)OC(=O)NCC1COC(=O)C(=O)N([C@@H](c2nc(-c3ccccc3)cn2Cc2ccccc2)C(C)(C)C)C1. The van der Waals surface area contributed by atoms with Crippen LogP contribution in [-0.4, -0.2) is 57.7 Å². The van der Waals surface area contributed by atoms with Crippen molar-refractivity contribution in [1.29, 1.82) is 0 Å². The third kappa shape index (κ3) is 7.74. The van der Waals surface area contributed by atoms with Gasteiger partial charge in [0.05, 0.1) is 18.3 Å². The molecule has 0 bridgehead atoms. The Morgan fingerprint density at radius 2 is 1.66 bits per heavy atom. The molecule has 0 spiro atoms. The molecular formula is C32H40N4O5. The summed E-state index contributed by atoms with van der Waals surface area (Å²) in [6.07, 6.45) is 1.43. The van der Waals surface area contributed by atoms with E-state index in [-0.39, 0.29) is 25.6 Å². The topological polar surface area (TPSA) is 103 Å². The van der Waals surface area contributed by atoms with E-state index in [0.29, 0.717) is 12.4 Å². The summed E-state index contributed by atoms with van der Waals surface area (Å²) in [5.74, 6) is -1.31. The van der Waals surface area contributed by atoms with Crippen molar-refractivity contribution in [2.45, 2.75) is 59.7 Å². The molecule has 0 saturated carbocycles. The van der Waals surface area contributed by atoms with Gasteiger partial charge in [-0.25, -0.2) is 14.6 Å². The van der Waals surface area contributed by atoms with Crippen molar-refractivity contribution in [2.75, 3.05) is 19.7 Å². The van der Waals surface area contributed by atoms with Gasteiger partial charge in [0.15, 0.2) is 0 Å². The number of hydrogen-bond acceptors (Lipinski definition) is 6. The van der Waals surface area contributed by atoms with Gasteiger partial charge in [0.2, 0.25) is 0 Å². The number of nitrogens with one attached hydrogen (secondary N) is 1. The highest BCUT2D eigenvalue weighted by atomic mass is 16.6. The number of carbonyl (C=O) groups excluding carboxylic acids is 3. The molecule has 1 fully saturated rings. The fourth-order valence-corrected chi connectivity index (χ4v) is 4.97. The van der Waals surface area contributed by atoms with Crippen molar-refractivity contribution in [1.82, 2.24) is 19.8 Å². The van der Waals surface area contributed by atoms with Crippen LogP contribution in [0.2, 0.25) is 0 Å². The summed E-state index contributed by atoms with van der Waals surface area (Å²) in [7, 11) is 0. The Kier molecular flexibility index (Phi) is 8.85. The van der Waals surface area contributed by atoms with Crippen molar-refractivity contribution < 1.29 is 23.9 Å². The lowest BCUT2D eigenvalue weighted by Gasteiger charge is -2.39. The predicted octanol–water partition coefficient (Wildman–Crippen LogP) is 5.21. The van der Waals surface area contributed by atoms with Crippen LogP contribution in [0, 0.1) is 11.3 Å². The summed E-state index contributed by atoms with van der Waals surface area (Å²) in [5, 5.41) is 2.76. The number of hydrogen-bond donors (Lipinski definition) is 1. The van der Waals surface area contributed by atoms with Gasteiger partial charge < -0.3 is 24.3 Å². The van der Waals surface area contributed by atoms with Gasteiger partial charge in [-0.3, -0.25) is 4.79 Å². The van der Waals surface area contributed by atoms with Crippen molar-refractivity contribution >= 4 is 18.0 Å². The van der Waals surface area contributed by atoms with Crippen LogP contribution in [0.5, 0.6) is 0 Å². The highest BCUT2D eigenvalue weighted by molar-refractivity contribution is 6.32. The van der Waals surface area contributed by atoms with Crippen LogP contribution < -0.4 is 5.32 Å². The molecule has 1 saturated heterocycles. The van der Waals surface area contributed by atoms with Gasteiger partial charge in [-0.1, -0.05) is 81.4 Å². The second-order valence-corrected chi connectivity index (χ2v) is 12.5. The van der Waals surface area contributed by atoms with Crippen molar-refractivity contribution in [3.8, 4) is 11.3 Å². The molecule has 1 aliphatic heterocycles. The van der Waals surface area contributed by atoms with Crippen LogP contribution in [0.15, 0.2) is 66.9 Å². The number of carbonyl (C=O) groups is 3. The minimum Gasteiger partial charge on any atom is -0.458 e. The fourth-order valence-electron chi connectivity index (χ4n) is 4.97. The van der Waals surface area contributed by atoms with E-state index in [2.05, 4.69) is 9.88 Å². The zero-order valence-corrected chi connectivity index (χ0v) is 24.7. The van der Waals surface area contributed by atoms with E-state index in [4.69, 9.17) is 14.5 Å². The molecule has 2 aromatic carbocycles. The Bertz CT molecular complexity index is 1360. The largest absolute Gasteiger partial charge is 0.458 e. The average molecular weight is 561 g/mol. The van der Waals surface area contributed by atoms with Gasteiger partial charge in [0, 0.05) is 37.3 Å². The highest BCUT2D eigenvalue weighted by Gasteiger charge is 2.43. The second kappa shape index (κ2) is 12.2. The standard InChI is InChI=1S/C32H40N4O5/c1-31(2,3)26(36-19-23(21-40-29(38)28(36)37)17-33-30(39)41-32(4,5)6)27-34-25(24-15-11-8-12-16-24)20-35(27)18-22-13-9-7-10-14-22/h7-16,20,23,26H,17-19,21H2,1-6H3,(H,33,39)/t23?,26-/m0/s1. The smallest absolute Gasteiger partial charge is 0.407 e. The van der Waals surface area contributed by atoms with Crippen LogP contribution in [0.25, 0.3) is 11.3 Å². The molecule has 9 heteroatoms. The monoisotopic (exact) mass is 560 g/mol. The van der Waals surface area contributed by atoms with Gasteiger partial charge in [-0.2, -0.15) is 0 Å². The van der Waals surface area contributed by atoms with Crippen LogP contribution in [0.3, 0.4) is 0 Å². The van der Waals surface area contributed by atoms with E-state index in [0.717, 1.165) is 16.8 Å². The first-order valence-electron chi connectivity index (χ1n) is 13.9. The molecule has 0 radical (unpaired) electrons. The molecule has 2 amide bonds. The fraction of sp³-hybridized carbons (Fsp3) is 0.438. The normalized spacial score (nSPS) is 17.0. The lowest BCUT2D eigenvalue weighted by molar-refractivity contribution is -0.160. The third-order valence-electron chi connectivity index (χ3n) is 6.72. The molecule has 1 unspecified atom stereocenters. The van der Waals surface area contributed by atoms with E-state index in [1.165, 1.54) is 0 Å². The predicted molar refractivity (Wildman–Crippen MR) is 156 cm³/mol. The highest BCUT2D eigenvalue weighted by Crippen LogP contribution is 2.40. The number of nitrogens with zero attached hydrogens (tertiary/aromatic N) is 3. The maximum atomic E-state index is 13.5. The number of rotatable bonds is 7. The lowest BCUT2D eigenvalue weighted by atomic mass is 9.84. The number of alkyl carbamates (subject to hydrolysis) is 1. The molecule has 1 N–H and O–H groups in total. The molecule has 2 heterocycles. The van der Waals surface area contributed by atoms with Crippen molar-refractivity contribution in [3.63, 3.8) is 0 Å². The van der Waals surface area contributed by atoms with Gasteiger partial charge in [0.1, 0.15) is 11.4 Å². The minimum absolute atomic E-state index is 0.00144. The first-order chi connectivity index (χ1) is 19.3. The number of imidazole rings is 1. The minimum atomic E-state index is -0.913. The Morgan fingerprint density at radius 1 is 1.02 bits per heavy atom. The second-order valence-electron chi connectivity index (χ2n) is 12.5. The Labute approximate surface area is 241 Å². The summed E-state index contributed by atoms with van der Waals surface area (Å²) in [6, 6.07) is 19.3. The molecule has 1 aliphatic rings. The zero-order valence-electron chi connectivity index (χ0n) is 24.7. The molecule has 2 atom stereocenters. The van der Waals surface area contributed by atoms with E-state index in [1.807, 2.05) is 87.6 Å². The van der Waals surface area contributed by atoms with Gasteiger partial charge >= 0.3 is 18.0 Å². The maximum absolute atomic E-state index is 13.5. The van der Waals surface area contributed by atoms with Gasteiger partial charge in [0.25, 0.3) is 0 Å². The van der Waals surface area contributed by atoms with Crippen LogP contribution in [0.4, 0.5) is 4.79 Å². The van der Waals surface area contributed by atoms with E-state index in [9.17, 15) is 14.4 Å². The molecule has 9 nitrogen and oxygen atoms in total. The van der Waals surface area contributed by atoms with Crippen LogP contribution in [0.1, 0.15) is 59.0 Å². The van der Waals surface area contributed by atoms with Gasteiger partial charge in [-0.15, -0.1) is 0 Å². The molecule has 3 aromatic rings. The summed E-state index contributed by atoms with van der Waals surface area (Å²) in [6.45, 7) is 12.4. The third-order valence-corrected chi connectivity index (χ3v) is 6.72. The lowest BCUT2D eigenvalue weighted by Crippen LogP contribution is -2.47. The first kappa shape index (κ1) is 29.8. The number of benzene rings is 2. The number of aromatic nitrogens is 2. The Hall–Kier alpha value is -4.14. The summed E-state index contributed by atoms with van der Waals surface area (Å²) in [4.78, 5) is 45.3. The van der Waals surface area contributed by atoms with E-state index >= 15 is 0 Å². The van der Waals surface area contributed by atoms with Crippen molar-refractivity contribution in [3.05, 3.63) is 78.2 Å².